The molecule has 0 atom stereocenters. The van der Waals surface area contributed by atoms with Crippen LogP contribution in [-0.4, -0.2) is 34.2 Å². The largest absolute Gasteiger partial charge is 0.495 e. The van der Waals surface area contributed by atoms with E-state index in [1.165, 1.54) is 11.4 Å². The first-order valence-electron chi connectivity index (χ1n) is 10.1. The molecule has 0 saturated carbocycles. The highest BCUT2D eigenvalue weighted by molar-refractivity contribution is 7.92. The van der Waals surface area contributed by atoms with E-state index in [9.17, 15) is 13.2 Å². The van der Waals surface area contributed by atoms with Gasteiger partial charge < -0.3 is 14.8 Å². The molecule has 0 aliphatic heterocycles. The molecule has 3 aromatic rings. The Morgan fingerprint density at radius 2 is 1.53 bits per heavy atom. The highest BCUT2D eigenvalue weighted by Gasteiger charge is 2.21. The van der Waals surface area contributed by atoms with Crippen molar-refractivity contribution in [3.05, 3.63) is 78.9 Å². The third-order valence-electron chi connectivity index (χ3n) is 4.65. The molecule has 0 aliphatic rings. The van der Waals surface area contributed by atoms with Crippen LogP contribution < -0.4 is 19.1 Å². The Kier molecular flexibility index (Phi) is 7.72. The molecule has 3 aromatic carbocycles. The second kappa shape index (κ2) is 10.7. The summed E-state index contributed by atoms with van der Waals surface area (Å²) in [7, 11) is -2.06. The summed E-state index contributed by atoms with van der Waals surface area (Å²) < 4.78 is 37.1. The lowest BCUT2D eigenvalue weighted by Gasteiger charge is -2.24. The standard InChI is InChI=1S/C24H26N2O5S/c1-30-23-16-9-7-14-21(23)26(32(2,28)29)18-10-17-24(27)25-20-13-6-8-15-22(20)31-19-11-4-3-5-12-19/h3-9,11-16H,10,17-18H2,1-2H3,(H,25,27). The summed E-state index contributed by atoms with van der Waals surface area (Å²) in [6, 6.07) is 23.3. The molecule has 0 saturated heterocycles. The minimum atomic E-state index is -3.55. The van der Waals surface area contributed by atoms with Crippen molar-refractivity contribution in [1.29, 1.82) is 0 Å². The fraction of sp³-hybridized carbons (Fsp3) is 0.208. The average Bonchev–Trinajstić information content (AvgIpc) is 2.78. The van der Waals surface area contributed by atoms with Gasteiger partial charge in [0.15, 0.2) is 5.75 Å². The van der Waals surface area contributed by atoms with Gasteiger partial charge in [0.05, 0.1) is 24.7 Å². The van der Waals surface area contributed by atoms with Gasteiger partial charge in [0.25, 0.3) is 0 Å². The maximum atomic E-state index is 12.5. The number of amides is 1. The maximum absolute atomic E-state index is 12.5. The average molecular weight is 455 g/mol. The fourth-order valence-electron chi connectivity index (χ4n) is 3.17. The van der Waals surface area contributed by atoms with E-state index in [4.69, 9.17) is 9.47 Å². The van der Waals surface area contributed by atoms with Crippen molar-refractivity contribution in [3.8, 4) is 17.2 Å². The van der Waals surface area contributed by atoms with Crippen LogP contribution in [0.4, 0.5) is 11.4 Å². The highest BCUT2D eigenvalue weighted by atomic mass is 32.2. The molecule has 32 heavy (non-hydrogen) atoms. The van der Waals surface area contributed by atoms with Gasteiger partial charge in [-0.05, 0) is 42.8 Å². The molecule has 0 aromatic heterocycles. The third kappa shape index (κ3) is 6.24. The van der Waals surface area contributed by atoms with Crippen LogP contribution in [0, 0.1) is 0 Å². The number of ether oxygens (including phenoxy) is 2. The third-order valence-corrected chi connectivity index (χ3v) is 5.83. The number of nitrogens with one attached hydrogen (secondary N) is 1. The molecular weight excluding hydrogens is 428 g/mol. The lowest BCUT2D eigenvalue weighted by atomic mass is 10.2. The van der Waals surface area contributed by atoms with E-state index in [0.717, 1.165) is 6.26 Å². The predicted octanol–water partition coefficient (Wildman–Crippen LogP) is 4.67. The summed E-state index contributed by atoms with van der Waals surface area (Å²) in [6.07, 6.45) is 1.61. The smallest absolute Gasteiger partial charge is 0.232 e. The summed E-state index contributed by atoms with van der Waals surface area (Å²) in [5.74, 6) is 1.41. The first-order chi connectivity index (χ1) is 15.4. The van der Waals surface area contributed by atoms with Crippen molar-refractivity contribution >= 4 is 27.3 Å². The van der Waals surface area contributed by atoms with Crippen molar-refractivity contribution in [3.63, 3.8) is 0 Å². The maximum Gasteiger partial charge on any atom is 0.232 e. The summed E-state index contributed by atoms with van der Waals surface area (Å²) in [4.78, 5) is 12.5. The SMILES string of the molecule is COc1ccccc1N(CCCC(=O)Nc1ccccc1Oc1ccccc1)S(C)(=O)=O. The van der Waals surface area contributed by atoms with Gasteiger partial charge in [-0.3, -0.25) is 9.10 Å². The number of rotatable bonds is 10. The molecule has 0 fully saturated rings. The Hall–Kier alpha value is -3.52. The lowest BCUT2D eigenvalue weighted by Crippen LogP contribution is -2.31. The van der Waals surface area contributed by atoms with Crippen LogP contribution in [0.5, 0.6) is 17.2 Å². The molecule has 0 unspecified atom stereocenters. The van der Waals surface area contributed by atoms with Crippen molar-refractivity contribution < 1.29 is 22.7 Å². The molecule has 0 aliphatic carbocycles. The molecule has 1 amide bonds. The van der Waals surface area contributed by atoms with Crippen molar-refractivity contribution in [1.82, 2.24) is 0 Å². The monoisotopic (exact) mass is 454 g/mol. The molecule has 3 rings (SSSR count). The van der Waals surface area contributed by atoms with Crippen molar-refractivity contribution in [2.75, 3.05) is 29.5 Å². The van der Waals surface area contributed by atoms with Crippen LogP contribution in [0.1, 0.15) is 12.8 Å². The predicted molar refractivity (Wildman–Crippen MR) is 126 cm³/mol. The van der Waals surface area contributed by atoms with E-state index in [1.807, 2.05) is 36.4 Å². The molecule has 1 N–H and O–H groups in total. The molecule has 0 heterocycles. The summed E-state index contributed by atoms with van der Waals surface area (Å²) in [5.41, 5.74) is 0.991. The highest BCUT2D eigenvalue weighted by Crippen LogP contribution is 2.31. The number of benzene rings is 3. The van der Waals surface area contributed by atoms with Crippen molar-refractivity contribution in [2.24, 2.45) is 0 Å². The number of hydrogen-bond acceptors (Lipinski definition) is 5. The van der Waals surface area contributed by atoms with Crippen LogP contribution in [0.3, 0.4) is 0 Å². The molecule has 7 nitrogen and oxygen atoms in total. The number of sulfonamides is 1. The number of carbonyl (C=O) groups excluding carboxylic acids is 1. The Balaban J connectivity index is 1.63. The molecule has 0 spiro atoms. The number of hydrogen-bond donors (Lipinski definition) is 1. The number of nitrogens with zero attached hydrogens (tertiary/aromatic N) is 1. The molecular formula is C24H26N2O5S. The van der Waals surface area contributed by atoms with E-state index >= 15 is 0 Å². The van der Waals surface area contributed by atoms with Crippen LogP contribution in [0.2, 0.25) is 0 Å². The molecule has 8 heteroatoms. The number of methoxy groups -OCH3 is 1. The van der Waals surface area contributed by atoms with Gasteiger partial charge in [-0.1, -0.05) is 42.5 Å². The Morgan fingerprint density at radius 3 is 2.22 bits per heavy atom. The van der Waals surface area contributed by atoms with Gasteiger partial charge in [0, 0.05) is 13.0 Å². The number of para-hydroxylation sites is 5. The minimum Gasteiger partial charge on any atom is -0.495 e. The van der Waals surface area contributed by atoms with Gasteiger partial charge in [-0.2, -0.15) is 0 Å². The van der Waals surface area contributed by atoms with E-state index in [-0.39, 0.29) is 18.9 Å². The molecule has 168 valence electrons. The van der Waals surface area contributed by atoms with Crippen LogP contribution in [-0.2, 0) is 14.8 Å². The van der Waals surface area contributed by atoms with E-state index in [1.54, 1.807) is 42.5 Å². The lowest BCUT2D eigenvalue weighted by molar-refractivity contribution is -0.116. The topological polar surface area (TPSA) is 84.9 Å². The van der Waals surface area contributed by atoms with E-state index in [2.05, 4.69) is 5.32 Å². The van der Waals surface area contributed by atoms with Gasteiger partial charge >= 0.3 is 0 Å². The first kappa shape index (κ1) is 23.1. The van der Waals surface area contributed by atoms with Crippen LogP contribution >= 0.6 is 0 Å². The summed E-state index contributed by atoms with van der Waals surface area (Å²) >= 11 is 0. The minimum absolute atomic E-state index is 0.140. The quantitative estimate of drug-likeness (QED) is 0.481. The van der Waals surface area contributed by atoms with E-state index in [0.29, 0.717) is 35.0 Å². The number of carbonyl (C=O) groups is 1. The normalized spacial score (nSPS) is 10.9. The van der Waals surface area contributed by atoms with Crippen LogP contribution in [0.15, 0.2) is 78.9 Å². The van der Waals surface area contributed by atoms with E-state index < -0.39 is 10.0 Å². The Morgan fingerprint density at radius 1 is 0.906 bits per heavy atom. The fourth-order valence-corrected chi connectivity index (χ4v) is 4.14. The second-order valence-electron chi connectivity index (χ2n) is 7.07. The Bertz CT molecular complexity index is 1150. The Labute approximate surface area is 188 Å². The first-order valence-corrected chi connectivity index (χ1v) is 12.0. The summed E-state index contributed by atoms with van der Waals surface area (Å²) in [5, 5.41) is 2.85. The zero-order chi connectivity index (χ0) is 23.0. The summed E-state index contributed by atoms with van der Waals surface area (Å²) in [6.45, 7) is 0.148. The second-order valence-corrected chi connectivity index (χ2v) is 8.98. The molecule has 0 radical (unpaired) electrons. The number of anilines is 2. The van der Waals surface area contributed by atoms with Crippen LogP contribution in [0.25, 0.3) is 0 Å². The van der Waals surface area contributed by atoms with Gasteiger partial charge in [-0.15, -0.1) is 0 Å². The van der Waals surface area contributed by atoms with Gasteiger partial charge in [-0.25, -0.2) is 8.42 Å². The zero-order valence-corrected chi connectivity index (χ0v) is 18.8. The van der Waals surface area contributed by atoms with Gasteiger partial charge in [0.1, 0.15) is 11.5 Å². The zero-order valence-electron chi connectivity index (χ0n) is 18.0. The van der Waals surface area contributed by atoms with Gasteiger partial charge in [0.2, 0.25) is 15.9 Å². The molecule has 0 bridgehead atoms. The van der Waals surface area contributed by atoms with Crippen molar-refractivity contribution in [2.45, 2.75) is 12.8 Å².